The number of aromatic amines is 1. The summed E-state index contributed by atoms with van der Waals surface area (Å²) in [7, 11) is 0. The summed E-state index contributed by atoms with van der Waals surface area (Å²) in [6.45, 7) is 1.78. The smallest absolute Gasteiger partial charge is 0.276 e. The van der Waals surface area contributed by atoms with Crippen LogP contribution in [0.5, 0.6) is 0 Å². The Morgan fingerprint density at radius 1 is 1.52 bits per heavy atom. The van der Waals surface area contributed by atoms with Gasteiger partial charge in [-0.15, -0.1) is 0 Å². The lowest BCUT2D eigenvalue weighted by atomic mass is 10.2. The highest BCUT2D eigenvalue weighted by Gasteiger charge is 2.16. The Morgan fingerprint density at radius 2 is 2.30 bits per heavy atom. The third-order valence-corrected chi connectivity index (χ3v) is 3.88. The molecule has 0 amide bonds. The van der Waals surface area contributed by atoms with Crippen LogP contribution in [-0.4, -0.2) is 24.6 Å². The van der Waals surface area contributed by atoms with Gasteiger partial charge in [-0.1, -0.05) is 0 Å². The van der Waals surface area contributed by atoms with E-state index in [1.807, 2.05) is 6.07 Å². The number of rotatable bonds is 3. The molecule has 3 rings (SSSR count). The maximum atomic E-state index is 12.1. The first-order chi connectivity index (χ1) is 11.0. The normalized spacial score (nSPS) is 12.0. The van der Waals surface area contributed by atoms with Crippen molar-refractivity contribution in [1.82, 2.24) is 24.6 Å². The molecule has 1 atom stereocenters. The second-order valence-electron chi connectivity index (χ2n) is 4.76. The molecule has 0 aliphatic carbocycles. The van der Waals surface area contributed by atoms with Crippen LogP contribution in [0.3, 0.4) is 0 Å². The summed E-state index contributed by atoms with van der Waals surface area (Å²) in [4.78, 5) is 22.6. The highest BCUT2D eigenvalue weighted by atomic mass is 79.9. The van der Waals surface area contributed by atoms with E-state index in [0.29, 0.717) is 15.8 Å². The van der Waals surface area contributed by atoms with Crippen LogP contribution in [0.2, 0.25) is 0 Å². The molecule has 0 unspecified atom stereocenters. The van der Waals surface area contributed by atoms with Crippen LogP contribution >= 0.6 is 15.9 Å². The van der Waals surface area contributed by atoms with Crippen molar-refractivity contribution < 1.29 is 0 Å². The van der Waals surface area contributed by atoms with Crippen molar-refractivity contribution in [2.75, 3.05) is 11.1 Å². The van der Waals surface area contributed by atoms with E-state index in [0.717, 1.165) is 0 Å². The second-order valence-corrected chi connectivity index (χ2v) is 5.61. The van der Waals surface area contributed by atoms with E-state index >= 15 is 0 Å². The third-order valence-electron chi connectivity index (χ3n) is 3.24. The van der Waals surface area contributed by atoms with Crippen molar-refractivity contribution in [2.45, 2.75) is 13.0 Å². The molecule has 23 heavy (non-hydrogen) atoms. The first-order valence-electron chi connectivity index (χ1n) is 6.55. The number of anilines is 2. The number of hydrogen-bond donors (Lipinski definition) is 3. The van der Waals surface area contributed by atoms with Crippen molar-refractivity contribution in [3.63, 3.8) is 0 Å². The van der Waals surface area contributed by atoms with Gasteiger partial charge >= 0.3 is 0 Å². The van der Waals surface area contributed by atoms with E-state index in [1.165, 1.54) is 10.8 Å². The molecule has 3 heterocycles. The zero-order chi connectivity index (χ0) is 16.6. The standard InChI is InChI=1S/C13H11BrN8O/c1-6(19-12-7(4-15)10(16)17-5-18-12)11-20-13(23)9-8(14)2-3-22(9)21-11/h2-3,5-6H,1H3,(H,20,21,23)(H3,16,17,18,19)/t6-/m0/s1. The van der Waals surface area contributed by atoms with Crippen molar-refractivity contribution in [1.29, 1.82) is 5.26 Å². The van der Waals surface area contributed by atoms with Crippen LogP contribution in [0.15, 0.2) is 27.9 Å². The van der Waals surface area contributed by atoms with Crippen molar-refractivity contribution in [3.8, 4) is 6.07 Å². The summed E-state index contributed by atoms with van der Waals surface area (Å²) in [5, 5.41) is 16.5. The van der Waals surface area contributed by atoms with Gasteiger partial charge in [0.25, 0.3) is 5.56 Å². The van der Waals surface area contributed by atoms with Gasteiger partial charge in [0.2, 0.25) is 0 Å². The third kappa shape index (κ3) is 2.62. The number of nitrogens with one attached hydrogen (secondary N) is 2. The van der Waals surface area contributed by atoms with Gasteiger partial charge in [0, 0.05) is 6.20 Å². The van der Waals surface area contributed by atoms with Gasteiger partial charge in [0.05, 0.1) is 10.5 Å². The molecule has 0 saturated carbocycles. The van der Waals surface area contributed by atoms with Gasteiger partial charge in [-0.25, -0.2) is 14.5 Å². The first-order valence-corrected chi connectivity index (χ1v) is 7.34. The van der Waals surface area contributed by atoms with E-state index in [9.17, 15) is 4.79 Å². The van der Waals surface area contributed by atoms with Crippen LogP contribution in [0.1, 0.15) is 24.4 Å². The number of hydrogen-bond acceptors (Lipinski definition) is 7. The number of H-pyrrole nitrogens is 1. The van der Waals surface area contributed by atoms with E-state index < -0.39 is 6.04 Å². The van der Waals surface area contributed by atoms with E-state index in [4.69, 9.17) is 11.0 Å². The van der Waals surface area contributed by atoms with Gasteiger partial charge in [0.1, 0.15) is 35.1 Å². The molecule has 0 fully saturated rings. The summed E-state index contributed by atoms with van der Waals surface area (Å²) in [5.74, 6) is 0.763. The molecule has 9 nitrogen and oxygen atoms in total. The molecule has 3 aromatic heterocycles. The van der Waals surface area contributed by atoms with Crippen LogP contribution in [0, 0.1) is 11.3 Å². The molecule has 116 valence electrons. The molecule has 0 aromatic carbocycles. The number of nitrogens with two attached hydrogens (primary N) is 1. The zero-order valence-corrected chi connectivity index (χ0v) is 13.5. The monoisotopic (exact) mass is 374 g/mol. The van der Waals surface area contributed by atoms with Crippen molar-refractivity contribution >= 4 is 33.1 Å². The predicted molar refractivity (Wildman–Crippen MR) is 86.7 cm³/mol. The summed E-state index contributed by atoms with van der Waals surface area (Å²) in [6, 6.07) is 3.28. The van der Waals surface area contributed by atoms with Crippen LogP contribution in [0.25, 0.3) is 5.52 Å². The molecule has 4 N–H and O–H groups in total. The highest BCUT2D eigenvalue weighted by Crippen LogP contribution is 2.21. The number of nitrogens with zero attached hydrogens (tertiary/aromatic N) is 5. The fourth-order valence-corrected chi connectivity index (χ4v) is 2.58. The number of nitrogen functional groups attached to an aromatic ring is 1. The summed E-state index contributed by atoms with van der Waals surface area (Å²) >= 11 is 3.30. The minimum atomic E-state index is -0.408. The Hall–Kier alpha value is -2.93. The van der Waals surface area contributed by atoms with Gasteiger partial charge in [0.15, 0.2) is 5.82 Å². The molecular weight excluding hydrogens is 364 g/mol. The van der Waals surface area contributed by atoms with Gasteiger partial charge in [-0.3, -0.25) is 4.79 Å². The lowest BCUT2D eigenvalue weighted by molar-refractivity contribution is 0.718. The van der Waals surface area contributed by atoms with E-state index in [-0.39, 0.29) is 22.8 Å². The predicted octanol–water partition coefficient (Wildman–Crippen LogP) is 1.20. The van der Waals surface area contributed by atoms with Gasteiger partial charge in [-0.05, 0) is 28.9 Å². The lowest BCUT2D eigenvalue weighted by Gasteiger charge is -2.15. The summed E-state index contributed by atoms with van der Waals surface area (Å²) in [5.41, 5.74) is 5.94. The van der Waals surface area contributed by atoms with Crippen molar-refractivity contribution in [3.05, 3.63) is 44.8 Å². The van der Waals surface area contributed by atoms with Crippen LogP contribution < -0.4 is 16.6 Å². The number of nitriles is 1. The minimum Gasteiger partial charge on any atom is -0.382 e. The molecule has 3 aromatic rings. The molecule has 10 heteroatoms. The summed E-state index contributed by atoms with van der Waals surface area (Å²) in [6.07, 6.45) is 2.93. The molecule has 0 spiro atoms. The zero-order valence-electron chi connectivity index (χ0n) is 11.9. The quantitative estimate of drug-likeness (QED) is 0.625. The van der Waals surface area contributed by atoms with Gasteiger partial charge in [-0.2, -0.15) is 10.4 Å². The highest BCUT2D eigenvalue weighted by molar-refractivity contribution is 9.10. The largest absolute Gasteiger partial charge is 0.382 e. The Labute approximate surface area is 138 Å². The Morgan fingerprint density at radius 3 is 3.04 bits per heavy atom. The fourth-order valence-electron chi connectivity index (χ4n) is 2.10. The number of aromatic nitrogens is 5. The lowest BCUT2D eigenvalue weighted by Crippen LogP contribution is -2.21. The fraction of sp³-hybridized carbons (Fsp3) is 0.154. The molecule has 0 radical (unpaired) electrons. The number of halogens is 1. The minimum absolute atomic E-state index is 0.0865. The average Bonchev–Trinajstić information content (AvgIpc) is 2.89. The van der Waals surface area contributed by atoms with Crippen LogP contribution in [0.4, 0.5) is 11.6 Å². The van der Waals surface area contributed by atoms with E-state index in [1.54, 1.807) is 19.2 Å². The Kier molecular flexibility index (Phi) is 3.71. The van der Waals surface area contributed by atoms with E-state index in [2.05, 4.69) is 41.3 Å². The Bertz CT molecular complexity index is 986. The average molecular weight is 375 g/mol. The Balaban J connectivity index is 1.99. The molecular formula is C13H11BrN8O. The molecule has 0 bridgehead atoms. The van der Waals surface area contributed by atoms with Gasteiger partial charge < -0.3 is 16.0 Å². The molecule has 0 aliphatic heterocycles. The number of fused-ring (bicyclic) bond motifs is 1. The SMILES string of the molecule is C[C@H](Nc1ncnc(N)c1C#N)c1nn2ccc(Br)c2c(=O)[nH]1. The topological polar surface area (TPSA) is 138 Å². The molecule has 0 saturated heterocycles. The van der Waals surface area contributed by atoms with Crippen molar-refractivity contribution in [2.24, 2.45) is 0 Å². The maximum absolute atomic E-state index is 12.1. The second kappa shape index (κ2) is 5.69. The molecule has 0 aliphatic rings. The first kappa shape index (κ1) is 15.0. The van der Waals surface area contributed by atoms with Crippen LogP contribution in [-0.2, 0) is 0 Å². The summed E-state index contributed by atoms with van der Waals surface area (Å²) < 4.78 is 2.14. The maximum Gasteiger partial charge on any atom is 0.276 e.